The van der Waals surface area contributed by atoms with Crippen molar-refractivity contribution in [2.24, 2.45) is 53.3 Å². The number of aliphatic carboxylic acids is 1. The van der Waals surface area contributed by atoms with E-state index in [1.165, 1.54) is 20.8 Å². The monoisotopic (exact) mass is 1220 g/mol. The average Bonchev–Trinajstić information content (AvgIpc) is 2.93. The van der Waals surface area contributed by atoms with Crippen LogP contribution in [0.25, 0.3) is 0 Å². The quantitative estimate of drug-likeness (QED) is 0.0323. The van der Waals surface area contributed by atoms with Crippen molar-refractivity contribution >= 4 is 47.4 Å². The highest BCUT2D eigenvalue weighted by Gasteiger charge is 2.43. The zero-order valence-corrected chi connectivity index (χ0v) is 53.0. The first-order valence-corrected chi connectivity index (χ1v) is 30.9. The van der Waals surface area contributed by atoms with Gasteiger partial charge in [0.2, 0.25) is 17.7 Å². The van der Waals surface area contributed by atoms with Gasteiger partial charge in [-0.25, -0.2) is 0 Å². The van der Waals surface area contributed by atoms with E-state index < -0.39 is 36.3 Å². The molecule has 0 radical (unpaired) electrons. The van der Waals surface area contributed by atoms with E-state index in [4.69, 9.17) is 56.8 Å². The number of hydrogen-bond donors (Lipinski definition) is 4. The van der Waals surface area contributed by atoms with Crippen LogP contribution in [0.3, 0.4) is 0 Å². The number of hydrogen-bond acceptors (Lipinski definition) is 20. The van der Waals surface area contributed by atoms with Crippen LogP contribution in [-0.2, 0) is 95.2 Å². The largest absolute Gasteiger partial charge is 0.481 e. The summed E-state index contributed by atoms with van der Waals surface area (Å²) in [7, 11) is 0. The molecule has 3 heterocycles. The van der Waals surface area contributed by atoms with E-state index in [0.717, 1.165) is 0 Å². The van der Waals surface area contributed by atoms with Gasteiger partial charge in [-0.1, -0.05) is 62.3 Å². The second-order valence-corrected chi connectivity index (χ2v) is 23.8. The molecule has 0 aliphatic carbocycles. The van der Waals surface area contributed by atoms with Crippen molar-refractivity contribution in [3.63, 3.8) is 0 Å². The lowest BCUT2D eigenvalue weighted by molar-refractivity contribution is -0.255. The molecule has 85 heavy (non-hydrogen) atoms. The number of carbonyl (C=O) groups excluding carboxylic acids is 7. The summed E-state index contributed by atoms with van der Waals surface area (Å²) < 4.78 is 70.6. The molecule has 3 aliphatic rings. The molecular formula is C61H105N3O21. The summed E-state index contributed by atoms with van der Waals surface area (Å²) in [6.45, 7) is 24.2. The number of amides is 3. The van der Waals surface area contributed by atoms with Gasteiger partial charge in [0.1, 0.15) is 31.1 Å². The maximum atomic E-state index is 13.5. The predicted octanol–water partition coefficient (Wildman–Crippen LogP) is 5.71. The number of carboxylic acids is 1. The van der Waals surface area contributed by atoms with Crippen LogP contribution >= 0.6 is 0 Å². The summed E-state index contributed by atoms with van der Waals surface area (Å²) in [5.41, 5.74) is -1.39. The maximum Gasteiger partial charge on any atom is 0.303 e. The lowest BCUT2D eigenvalue weighted by Gasteiger charge is -2.43. The molecule has 3 aliphatic heterocycles. The van der Waals surface area contributed by atoms with Crippen LogP contribution in [-0.4, -0.2) is 188 Å². The summed E-state index contributed by atoms with van der Waals surface area (Å²) in [5, 5.41) is 17.9. The Labute approximate surface area is 504 Å². The summed E-state index contributed by atoms with van der Waals surface area (Å²) in [6.07, 6.45) is -0.239. The van der Waals surface area contributed by atoms with E-state index in [1.807, 2.05) is 0 Å². The molecule has 0 saturated carbocycles. The molecule has 0 bridgehead atoms. The fraction of sp³-hybridized carbons (Fsp3) is 0.869. The molecule has 24 nitrogen and oxygen atoms in total. The highest BCUT2D eigenvalue weighted by Crippen LogP contribution is 2.38. The molecule has 3 fully saturated rings. The molecule has 3 rings (SSSR count). The Hall–Kier alpha value is -4.40. The molecule has 24 heteroatoms. The van der Waals surface area contributed by atoms with Crippen molar-refractivity contribution in [2.45, 2.75) is 196 Å². The van der Waals surface area contributed by atoms with Gasteiger partial charge < -0.3 is 77.9 Å². The Morgan fingerprint density at radius 1 is 0.400 bits per heavy atom. The zero-order valence-electron chi connectivity index (χ0n) is 53.0. The smallest absolute Gasteiger partial charge is 0.303 e. The number of Topliss-reactive ketones (excluding diaryl/α,β-unsaturated/α-hetero) is 1. The van der Waals surface area contributed by atoms with E-state index in [1.54, 1.807) is 0 Å². The minimum absolute atomic E-state index is 0.00494. The fourth-order valence-corrected chi connectivity index (χ4v) is 10.4. The predicted molar refractivity (Wildman–Crippen MR) is 309 cm³/mol. The standard InChI is InChI=1S/C61H105N3O21/c1-38-41(4)51(32-80-47(10)65)83-58(44(38)7)77-26-14-13-18-50(68)21-29-74-35-61(64-56(71)19-15-20-57(72)73,36-75-30-22-54(69)62-24-16-27-78-59-45(8)39(2)42(5)52(84-59)33-81-48(11)66)37-76-31-23-55(70)63-25-17-28-79-60-46(9)40(3)43(6)53(85-60)34-82-49(12)67/h38-46,51-53,58-60H,13-37H2,1-12H3,(H,62,69)(H,63,70)(H,64,71)(H,72,73)/t38?,39?,40?,41-,42-,43-,44+,45+,46+,51?,52?,53?,58-,59-,60-,61?/m1/s1. The summed E-state index contributed by atoms with van der Waals surface area (Å²) in [5.74, 6) is -1.77. The van der Waals surface area contributed by atoms with Crippen LogP contribution in [0.15, 0.2) is 0 Å². The first-order chi connectivity index (χ1) is 40.3. The molecule has 0 aromatic heterocycles. The van der Waals surface area contributed by atoms with Gasteiger partial charge in [0, 0.05) is 96.7 Å². The van der Waals surface area contributed by atoms with Crippen LogP contribution in [0.5, 0.6) is 0 Å². The number of ether oxygens (including phenoxy) is 12. The minimum Gasteiger partial charge on any atom is -0.481 e. The van der Waals surface area contributed by atoms with Crippen molar-refractivity contribution in [2.75, 3.05) is 92.4 Å². The van der Waals surface area contributed by atoms with Gasteiger partial charge in [-0.05, 0) is 67.6 Å². The fourth-order valence-electron chi connectivity index (χ4n) is 10.4. The molecule has 3 saturated heterocycles. The van der Waals surface area contributed by atoms with Gasteiger partial charge in [0.25, 0.3) is 0 Å². The van der Waals surface area contributed by atoms with Crippen LogP contribution < -0.4 is 16.0 Å². The van der Waals surface area contributed by atoms with Gasteiger partial charge >= 0.3 is 23.9 Å². The van der Waals surface area contributed by atoms with Gasteiger partial charge in [0.05, 0.1) is 71.2 Å². The number of carboxylic acid groups (broad SMARTS) is 1. The van der Waals surface area contributed by atoms with Gasteiger partial charge in [-0.15, -0.1) is 0 Å². The van der Waals surface area contributed by atoms with Gasteiger partial charge in [0.15, 0.2) is 18.9 Å². The number of unbranched alkanes of at least 4 members (excludes halogenated alkanes) is 1. The lowest BCUT2D eigenvalue weighted by Crippen LogP contribution is -2.58. The van der Waals surface area contributed by atoms with E-state index in [-0.39, 0.29) is 211 Å². The molecule has 6 unspecified atom stereocenters. The topological polar surface area (TPSA) is 304 Å². The highest BCUT2D eigenvalue weighted by atomic mass is 16.7. The summed E-state index contributed by atoms with van der Waals surface area (Å²) >= 11 is 0. The van der Waals surface area contributed by atoms with Crippen molar-refractivity contribution in [3.05, 3.63) is 0 Å². The van der Waals surface area contributed by atoms with E-state index >= 15 is 0 Å². The van der Waals surface area contributed by atoms with E-state index in [0.29, 0.717) is 58.6 Å². The van der Waals surface area contributed by atoms with Gasteiger partial charge in [-0.3, -0.25) is 38.4 Å². The average molecular weight is 1220 g/mol. The van der Waals surface area contributed by atoms with Crippen LogP contribution in [0.2, 0.25) is 0 Å². The Bertz CT molecular complexity index is 1840. The zero-order chi connectivity index (χ0) is 63.1. The maximum absolute atomic E-state index is 13.5. The molecule has 15 atom stereocenters. The number of nitrogens with one attached hydrogen (secondary N) is 3. The second kappa shape index (κ2) is 40.2. The Balaban J connectivity index is 1.57. The Morgan fingerprint density at radius 2 is 0.765 bits per heavy atom. The Morgan fingerprint density at radius 3 is 1.13 bits per heavy atom. The van der Waals surface area contributed by atoms with E-state index in [2.05, 4.69) is 78.3 Å². The second-order valence-electron chi connectivity index (χ2n) is 23.8. The normalized spacial score (nSPS) is 28.3. The highest BCUT2D eigenvalue weighted by molar-refractivity contribution is 5.79. The molecule has 0 spiro atoms. The van der Waals surface area contributed by atoms with Crippen molar-refractivity contribution in [1.82, 2.24) is 16.0 Å². The van der Waals surface area contributed by atoms with Crippen LogP contribution in [0, 0.1) is 53.3 Å². The van der Waals surface area contributed by atoms with Gasteiger partial charge in [-0.2, -0.15) is 0 Å². The first-order valence-electron chi connectivity index (χ1n) is 30.9. The third-order valence-corrected chi connectivity index (χ3v) is 17.1. The summed E-state index contributed by atoms with van der Waals surface area (Å²) in [6, 6.07) is 0. The molecular weight excluding hydrogens is 1110 g/mol. The third-order valence-electron chi connectivity index (χ3n) is 17.1. The van der Waals surface area contributed by atoms with E-state index in [9.17, 15) is 43.5 Å². The van der Waals surface area contributed by atoms with Crippen LogP contribution in [0.1, 0.15) is 154 Å². The minimum atomic E-state index is -1.39. The summed E-state index contributed by atoms with van der Waals surface area (Å²) in [4.78, 5) is 98.2. The molecule has 0 aromatic carbocycles. The molecule has 4 N–H and O–H groups in total. The third kappa shape index (κ3) is 28.5. The number of carbonyl (C=O) groups is 8. The molecule has 0 aromatic rings. The number of esters is 3. The van der Waals surface area contributed by atoms with Crippen molar-refractivity contribution in [3.8, 4) is 0 Å². The number of rotatable bonds is 42. The first kappa shape index (κ1) is 74.9. The molecule has 3 amide bonds. The number of ketones is 1. The Kier molecular flexibility index (Phi) is 35.4. The van der Waals surface area contributed by atoms with Crippen LogP contribution in [0.4, 0.5) is 0 Å². The van der Waals surface area contributed by atoms with Crippen molar-refractivity contribution < 1.29 is 100 Å². The van der Waals surface area contributed by atoms with Crippen molar-refractivity contribution in [1.29, 1.82) is 0 Å². The lowest BCUT2D eigenvalue weighted by atomic mass is 9.79. The molecule has 490 valence electrons. The SMILES string of the molecule is CC(=O)OCC1O[C@@H](OCCCCC(=O)CCOCC(COCCC(=O)NCCCO[C@@H]2OC(COC(C)=O)[C@H](C)C(C)[C@@H]2C)(COCCC(=O)NCCCO[C@@H]2OC(COC(C)=O)[C@H](C)C(C)[C@@H]2C)NC(=O)CCCC(=O)O)[C@@H](C)C(C)[C@H]1C.